The predicted molar refractivity (Wildman–Crippen MR) is 112 cm³/mol. The first-order chi connectivity index (χ1) is 13.3. The molecule has 1 amide bonds. The summed E-state index contributed by atoms with van der Waals surface area (Å²) in [4.78, 5) is 14.4. The van der Waals surface area contributed by atoms with Crippen molar-refractivity contribution < 1.29 is 13.2 Å². The van der Waals surface area contributed by atoms with E-state index < -0.39 is 10.0 Å². The van der Waals surface area contributed by atoms with E-state index in [1.807, 2.05) is 38.1 Å². The lowest BCUT2D eigenvalue weighted by atomic mass is 10.1. The molecular formula is C21H23ClN2O3S. The average Bonchev–Trinajstić information content (AvgIpc) is 2.69. The van der Waals surface area contributed by atoms with E-state index in [1.165, 1.54) is 10.4 Å². The van der Waals surface area contributed by atoms with Crippen LogP contribution in [0.3, 0.4) is 0 Å². The maximum Gasteiger partial charge on any atom is 0.246 e. The van der Waals surface area contributed by atoms with Gasteiger partial charge in [-0.3, -0.25) is 4.79 Å². The van der Waals surface area contributed by atoms with Crippen LogP contribution >= 0.6 is 11.6 Å². The van der Waals surface area contributed by atoms with Crippen molar-refractivity contribution in [3.05, 3.63) is 70.3 Å². The average molecular weight is 419 g/mol. The normalized spacial score (nSPS) is 15.9. The summed E-state index contributed by atoms with van der Waals surface area (Å²) in [6, 6.07) is 12.4. The Bertz CT molecular complexity index is 1010. The molecule has 0 aromatic heterocycles. The topological polar surface area (TPSA) is 57.7 Å². The smallest absolute Gasteiger partial charge is 0.246 e. The van der Waals surface area contributed by atoms with E-state index in [4.69, 9.17) is 11.6 Å². The highest BCUT2D eigenvalue weighted by Crippen LogP contribution is 2.21. The van der Waals surface area contributed by atoms with Gasteiger partial charge >= 0.3 is 0 Å². The van der Waals surface area contributed by atoms with E-state index in [0.717, 1.165) is 16.7 Å². The van der Waals surface area contributed by atoms with Crippen LogP contribution in [0.5, 0.6) is 0 Å². The molecule has 0 atom stereocenters. The van der Waals surface area contributed by atoms with Gasteiger partial charge in [-0.15, -0.1) is 0 Å². The molecule has 0 bridgehead atoms. The molecule has 0 radical (unpaired) electrons. The minimum absolute atomic E-state index is 0.150. The van der Waals surface area contributed by atoms with E-state index in [-0.39, 0.29) is 19.0 Å². The molecule has 1 aliphatic heterocycles. The van der Waals surface area contributed by atoms with Gasteiger partial charge < -0.3 is 4.90 Å². The quantitative estimate of drug-likeness (QED) is 0.714. The number of sulfonamides is 1. The Kier molecular flexibility index (Phi) is 6.23. The zero-order valence-electron chi connectivity index (χ0n) is 15.9. The fraction of sp³-hybridized carbons (Fsp3) is 0.286. The number of halogens is 1. The Hall–Kier alpha value is -2.15. The summed E-state index contributed by atoms with van der Waals surface area (Å²) < 4.78 is 27.2. The summed E-state index contributed by atoms with van der Waals surface area (Å²) in [6.07, 6.45) is 3.16. The second-order valence-electron chi connectivity index (χ2n) is 6.83. The highest BCUT2D eigenvalue weighted by molar-refractivity contribution is 7.89. The lowest BCUT2D eigenvalue weighted by Crippen LogP contribution is -2.50. The van der Waals surface area contributed by atoms with E-state index in [9.17, 15) is 13.2 Å². The summed E-state index contributed by atoms with van der Waals surface area (Å²) >= 11 is 6.09. The molecule has 148 valence electrons. The largest absolute Gasteiger partial charge is 0.337 e. The van der Waals surface area contributed by atoms with Gasteiger partial charge in [0.25, 0.3) is 0 Å². The number of rotatable bonds is 4. The molecule has 2 aromatic carbocycles. The van der Waals surface area contributed by atoms with Crippen LogP contribution in [0.25, 0.3) is 6.08 Å². The molecule has 0 spiro atoms. The monoisotopic (exact) mass is 418 g/mol. The minimum Gasteiger partial charge on any atom is -0.337 e. The molecule has 0 N–H and O–H groups in total. The van der Waals surface area contributed by atoms with Crippen LogP contribution in [0.4, 0.5) is 0 Å². The lowest BCUT2D eigenvalue weighted by molar-refractivity contribution is -0.127. The summed E-state index contributed by atoms with van der Waals surface area (Å²) in [5.41, 5.74) is 2.77. The van der Waals surface area contributed by atoms with Crippen molar-refractivity contribution in [2.45, 2.75) is 18.7 Å². The molecule has 7 heteroatoms. The van der Waals surface area contributed by atoms with E-state index in [2.05, 4.69) is 0 Å². The third kappa shape index (κ3) is 4.46. The van der Waals surface area contributed by atoms with Gasteiger partial charge in [0.15, 0.2) is 0 Å². The van der Waals surface area contributed by atoms with Gasteiger partial charge in [0.05, 0.1) is 4.90 Å². The first-order valence-electron chi connectivity index (χ1n) is 9.08. The molecule has 1 heterocycles. The van der Waals surface area contributed by atoms with Gasteiger partial charge in [-0.1, -0.05) is 35.9 Å². The highest BCUT2D eigenvalue weighted by atomic mass is 35.5. The van der Waals surface area contributed by atoms with E-state index >= 15 is 0 Å². The van der Waals surface area contributed by atoms with Crippen molar-refractivity contribution in [2.75, 3.05) is 26.2 Å². The third-order valence-corrected chi connectivity index (χ3v) is 7.22. The Morgan fingerprint density at radius 3 is 2.32 bits per heavy atom. The SMILES string of the molecule is Cc1ccc(S(=O)(=O)N2CCN(C(=O)C=Cc3ccccc3Cl)CC2)cc1C. The first-order valence-corrected chi connectivity index (χ1v) is 10.9. The number of piperazine rings is 1. The van der Waals surface area contributed by atoms with Gasteiger partial charge in [-0.05, 0) is 54.8 Å². The van der Waals surface area contributed by atoms with Gasteiger partial charge in [0, 0.05) is 37.3 Å². The third-order valence-electron chi connectivity index (χ3n) is 4.98. The molecule has 3 rings (SSSR count). The maximum atomic E-state index is 12.9. The summed E-state index contributed by atoms with van der Waals surface area (Å²) in [5, 5.41) is 0.579. The van der Waals surface area contributed by atoms with Crippen LogP contribution in [-0.4, -0.2) is 49.7 Å². The van der Waals surface area contributed by atoms with Crippen LogP contribution in [0.1, 0.15) is 16.7 Å². The van der Waals surface area contributed by atoms with Crippen LogP contribution in [-0.2, 0) is 14.8 Å². The van der Waals surface area contributed by atoms with Crippen LogP contribution < -0.4 is 0 Å². The molecule has 2 aromatic rings. The number of carbonyl (C=O) groups is 1. The molecule has 0 saturated carbocycles. The minimum atomic E-state index is -3.55. The number of amides is 1. The highest BCUT2D eigenvalue weighted by Gasteiger charge is 2.29. The van der Waals surface area contributed by atoms with Gasteiger partial charge in [-0.2, -0.15) is 4.31 Å². The Morgan fingerprint density at radius 2 is 1.68 bits per heavy atom. The fourth-order valence-electron chi connectivity index (χ4n) is 3.05. The number of nitrogens with zero attached hydrogens (tertiary/aromatic N) is 2. The van der Waals surface area contributed by atoms with Gasteiger partial charge in [0.2, 0.25) is 15.9 Å². The molecule has 0 unspecified atom stereocenters. The Morgan fingerprint density at radius 1 is 1.00 bits per heavy atom. The standard InChI is InChI=1S/C21H23ClN2O3S/c1-16-7-9-19(15-17(16)2)28(26,27)24-13-11-23(12-14-24)21(25)10-8-18-5-3-4-6-20(18)22/h3-10,15H,11-14H2,1-2H3. The van der Waals surface area contributed by atoms with Crippen LogP contribution in [0.15, 0.2) is 53.4 Å². The molecular weight excluding hydrogens is 396 g/mol. The number of hydrogen-bond acceptors (Lipinski definition) is 3. The molecule has 1 saturated heterocycles. The van der Waals surface area contributed by atoms with Crippen molar-refractivity contribution in [2.24, 2.45) is 0 Å². The van der Waals surface area contributed by atoms with Crippen molar-refractivity contribution in [3.8, 4) is 0 Å². The van der Waals surface area contributed by atoms with Crippen LogP contribution in [0, 0.1) is 13.8 Å². The van der Waals surface area contributed by atoms with Crippen molar-refractivity contribution in [3.63, 3.8) is 0 Å². The predicted octanol–water partition coefficient (Wildman–Crippen LogP) is 3.50. The second kappa shape index (κ2) is 8.47. The summed E-state index contributed by atoms with van der Waals surface area (Å²) in [5.74, 6) is -0.150. The van der Waals surface area contributed by atoms with Crippen molar-refractivity contribution in [1.82, 2.24) is 9.21 Å². The maximum absolute atomic E-state index is 12.9. The zero-order chi connectivity index (χ0) is 20.3. The number of hydrogen-bond donors (Lipinski definition) is 0. The fourth-order valence-corrected chi connectivity index (χ4v) is 4.76. The number of carbonyl (C=O) groups excluding carboxylic acids is 1. The number of aryl methyl sites for hydroxylation is 2. The molecule has 1 aliphatic rings. The summed E-state index contributed by atoms with van der Waals surface area (Å²) in [6.45, 7) is 5.12. The van der Waals surface area contributed by atoms with Gasteiger partial charge in [-0.25, -0.2) is 8.42 Å². The van der Waals surface area contributed by atoms with Crippen molar-refractivity contribution >= 4 is 33.6 Å². The molecule has 5 nitrogen and oxygen atoms in total. The van der Waals surface area contributed by atoms with Gasteiger partial charge in [0.1, 0.15) is 0 Å². The summed E-state index contributed by atoms with van der Waals surface area (Å²) in [7, 11) is -3.55. The van der Waals surface area contributed by atoms with E-state index in [1.54, 1.807) is 29.2 Å². The molecule has 0 aliphatic carbocycles. The number of benzene rings is 2. The lowest BCUT2D eigenvalue weighted by Gasteiger charge is -2.33. The Labute approximate surface area is 171 Å². The first kappa shape index (κ1) is 20.6. The second-order valence-corrected chi connectivity index (χ2v) is 9.18. The van der Waals surface area contributed by atoms with Crippen LogP contribution in [0.2, 0.25) is 5.02 Å². The Balaban J connectivity index is 1.64. The van der Waals surface area contributed by atoms with Crippen molar-refractivity contribution in [1.29, 1.82) is 0 Å². The molecule has 28 heavy (non-hydrogen) atoms. The van der Waals surface area contributed by atoms with E-state index in [0.29, 0.717) is 23.0 Å². The molecule has 1 fully saturated rings. The zero-order valence-corrected chi connectivity index (χ0v) is 17.5.